The van der Waals surface area contributed by atoms with Crippen LogP contribution in [0.25, 0.3) is 0 Å². The number of carboxylic acids is 1. The lowest BCUT2D eigenvalue weighted by Gasteiger charge is -2.34. The molecule has 1 aromatic carbocycles. The number of ether oxygens (including phenoxy) is 1. The number of rotatable bonds is 6. The fraction of sp³-hybridized carbons (Fsp3) is 0.429. The number of amides is 1. The fourth-order valence-electron chi connectivity index (χ4n) is 1.81. The van der Waals surface area contributed by atoms with Crippen molar-refractivity contribution in [2.45, 2.75) is 26.3 Å². The summed E-state index contributed by atoms with van der Waals surface area (Å²) in [5.74, 6) is -0.905. The van der Waals surface area contributed by atoms with Crippen LogP contribution in [0.2, 0.25) is 0 Å². The maximum Gasteiger partial charge on any atom is 0.329 e. The van der Waals surface area contributed by atoms with E-state index < -0.39 is 11.5 Å². The van der Waals surface area contributed by atoms with E-state index in [1.165, 1.54) is 18.7 Å². The normalized spacial score (nSPS) is 11.1. The van der Waals surface area contributed by atoms with Crippen molar-refractivity contribution in [2.75, 3.05) is 13.2 Å². The summed E-state index contributed by atoms with van der Waals surface area (Å²) in [5.41, 5.74) is -1.27. The fourth-order valence-corrected chi connectivity index (χ4v) is 2.97. The summed E-state index contributed by atoms with van der Waals surface area (Å²) in [6, 6.07) is 5.32. The maximum atomic E-state index is 12.2. The van der Waals surface area contributed by atoms with Crippen LogP contribution in [-0.2, 0) is 9.59 Å². The Labute approximate surface area is 140 Å². The second-order valence-corrected chi connectivity index (χ2v) is 6.64. The van der Waals surface area contributed by atoms with Crippen molar-refractivity contribution in [3.63, 3.8) is 0 Å². The van der Waals surface area contributed by atoms with Crippen LogP contribution in [0.1, 0.15) is 20.8 Å². The number of carbonyl (C=O) groups excluding carboxylic acids is 1. The van der Waals surface area contributed by atoms with E-state index in [0.29, 0.717) is 16.8 Å². The highest BCUT2D eigenvalue weighted by molar-refractivity contribution is 9.11. The minimum Gasteiger partial charge on any atom is -0.483 e. The lowest BCUT2D eigenvalue weighted by Crippen LogP contribution is -2.54. The summed E-state index contributed by atoms with van der Waals surface area (Å²) in [6.07, 6.45) is 0. The van der Waals surface area contributed by atoms with Crippen LogP contribution < -0.4 is 4.74 Å². The molecule has 21 heavy (non-hydrogen) atoms. The molecule has 1 amide bonds. The van der Waals surface area contributed by atoms with Crippen LogP contribution in [0.4, 0.5) is 0 Å². The SMILES string of the molecule is CCN(C(=O)COc1ccc(Br)cc1Br)C(C)(C)C(=O)O. The molecule has 5 nitrogen and oxygen atoms in total. The maximum absolute atomic E-state index is 12.2. The van der Waals surface area contributed by atoms with Gasteiger partial charge in [0, 0.05) is 11.0 Å². The summed E-state index contributed by atoms with van der Waals surface area (Å²) >= 11 is 6.67. The lowest BCUT2D eigenvalue weighted by atomic mass is 10.0. The number of halogens is 2. The molecule has 0 radical (unpaired) electrons. The van der Waals surface area contributed by atoms with Crippen molar-refractivity contribution in [1.82, 2.24) is 4.90 Å². The van der Waals surface area contributed by atoms with E-state index >= 15 is 0 Å². The van der Waals surface area contributed by atoms with Gasteiger partial charge in [-0.1, -0.05) is 15.9 Å². The monoisotopic (exact) mass is 421 g/mol. The van der Waals surface area contributed by atoms with Gasteiger partial charge in [0.05, 0.1) is 4.47 Å². The van der Waals surface area contributed by atoms with E-state index in [9.17, 15) is 14.7 Å². The zero-order valence-electron chi connectivity index (χ0n) is 12.0. The summed E-state index contributed by atoms with van der Waals surface area (Å²) in [7, 11) is 0. The van der Waals surface area contributed by atoms with Crippen LogP contribution in [0, 0.1) is 0 Å². The van der Waals surface area contributed by atoms with Crippen LogP contribution >= 0.6 is 31.9 Å². The number of nitrogens with zero attached hydrogens (tertiary/aromatic N) is 1. The predicted octanol–water partition coefficient (Wildman–Crippen LogP) is 3.30. The Kier molecular flexibility index (Phi) is 6.22. The molecule has 0 aliphatic carbocycles. The smallest absolute Gasteiger partial charge is 0.329 e. The first-order valence-corrected chi connectivity index (χ1v) is 7.90. The minimum atomic E-state index is -1.27. The highest BCUT2D eigenvalue weighted by Crippen LogP contribution is 2.28. The molecule has 1 aromatic rings. The van der Waals surface area contributed by atoms with Gasteiger partial charge in [0.2, 0.25) is 0 Å². The molecular weight excluding hydrogens is 406 g/mol. The average Bonchev–Trinajstić information content (AvgIpc) is 2.38. The number of carbonyl (C=O) groups is 2. The molecule has 116 valence electrons. The average molecular weight is 423 g/mol. The van der Waals surface area contributed by atoms with Gasteiger partial charge in [-0.15, -0.1) is 0 Å². The van der Waals surface area contributed by atoms with E-state index in [1.54, 1.807) is 25.1 Å². The summed E-state index contributed by atoms with van der Waals surface area (Å²) < 4.78 is 7.06. The van der Waals surface area contributed by atoms with Crippen molar-refractivity contribution in [2.24, 2.45) is 0 Å². The molecule has 0 saturated carbocycles. The molecule has 0 aromatic heterocycles. The van der Waals surface area contributed by atoms with Gasteiger partial charge in [0.1, 0.15) is 11.3 Å². The van der Waals surface area contributed by atoms with Crippen molar-refractivity contribution >= 4 is 43.7 Å². The highest BCUT2D eigenvalue weighted by Gasteiger charge is 2.36. The minimum absolute atomic E-state index is 0.217. The topological polar surface area (TPSA) is 66.8 Å². The highest BCUT2D eigenvalue weighted by atomic mass is 79.9. The molecule has 7 heteroatoms. The first-order chi connectivity index (χ1) is 9.70. The number of likely N-dealkylation sites (N-methyl/N-ethyl adjacent to an activating group) is 1. The molecule has 1 rings (SSSR count). The Bertz CT molecular complexity index is 546. The summed E-state index contributed by atoms with van der Waals surface area (Å²) in [4.78, 5) is 24.7. The molecule has 0 unspecified atom stereocenters. The largest absolute Gasteiger partial charge is 0.483 e. The molecule has 1 N–H and O–H groups in total. The Balaban J connectivity index is 2.78. The van der Waals surface area contributed by atoms with Crippen molar-refractivity contribution in [3.05, 3.63) is 27.1 Å². The molecule has 0 aliphatic rings. The lowest BCUT2D eigenvalue weighted by molar-refractivity contribution is -0.157. The van der Waals surface area contributed by atoms with Gasteiger partial charge in [0.25, 0.3) is 5.91 Å². The van der Waals surface area contributed by atoms with Crippen LogP contribution in [0.15, 0.2) is 27.1 Å². The van der Waals surface area contributed by atoms with E-state index in [-0.39, 0.29) is 12.5 Å². The van der Waals surface area contributed by atoms with Crippen LogP contribution in [-0.4, -0.2) is 40.6 Å². The van der Waals surface area contributed by atoms with Crippen molar-refractivity contribution < 1.29 is 19.4 Å². The molecule has 0 aliphatic heterocycles. The van der Waals surface area contributed by atoms with Crippen molar-refractivity contribution in [1.29, 1.82) is 0 Å². The third kappa shape index (κ3) is 4.44. The van der Waals surface area contributed by atoms with Gasteiger partial charge in [-0.3, -0.25) is 4.79 Å². The van der Waals surface area contributed by atoms with Gasteiger partial charge in [-0.05, 0) is 54.9 Å². The molecular formula is C14H17Br2NO4. The molecule has 0 heterocycles. The third-order valence-corrected chi connectivity index (χ3v) is 4.17. The Morgan fingerprint density at radius 1 is 1.33 bits per heavy atom. The second-order valence-electron chi connectivity index (χ2n) is 4.87. The number of aliphatic carboxylic acids is 1. The van der Waals surface area contributed by atoms with E-state index in [0.717, 1.165) is 4.47 Å². The Morgan fingerprint density at radius 3 is 2.43 bits per heavy atom. The molecule has 0 spiro atoms. The summed E-state index contributed by atoms with van der Waals surface area (Å²) in [6.45, 7) is 4.80. The van der Waals surface area contributed by atoms with Gasteiger partial charge < -0.3 is 14.7 Å². The predicted molar refractivity (Wildman–Crippen MR) is 86.4 cm³/mol. The third-order valence-electron chi connectivity index (χ3n) is 3.06. The quantitative estimate of drug-likeness (QED) is 0.763. The zero-order chi connectivity index (χ0) is 16.2. The first-order valence-electron chi connectivity index (χ1n) is 6.31. The van der Waals surface area contributed by atoms with E-state index in [4.69, 9.17) is 4.74 Å². The second kappa shape index (κ2) is 7.26. The van der Waals surface area contributed by atoms with E-state index in [1.807, 2.05) is 0 Å². The first kappa shape index (κ1) is 18.0. The van der Waals surface area contributed by atoms with Gasteiger partial charge in [0.15, 0.2) is 6.61 Å². The van der Waals surface area contributed by atoms with Crippen molar-refractivity contribution in [3.8, 4) is 5.75 Å². The summed E-state index contributed by atoms with van der Waals surface area (Å²) in [5, 5.41) is 9.20. The Morgan fingerprint density at radius 2 is 1.95 bits per heavy atom. The van der Waals surface area contributed by atoms with E-state index in [2.05, 4.69) is 31.9 Å². The molecule has 0 atom stereocenters. The van der Waals surface area contributed by atoms with Gasteiger partial charge >= 0.3 is 5.97 Å². The molecule has 0 bridgehead atoms. The number of benzene rings is 1. The Hall–Kier alpha value is -1.08. The number of hydrogen-bond donors (Lipinski definition) is 1. The number of hydrogen-bond acceptors (Lipinski definition) is 3. The molecule has 0 fully saturated rings. The van der Waals surface area contributed by atoms with Gasteiger partial charge in [-0.25, -0.2) is 4.79 Å². The zero-order valence-corrected chi connectivity index (χ0v) is 15.2. The molecule has 0 saturated heterocycles. The standard InChI is InChI=1S/C14H17Br2NO4/c1-4-17(14(2,3)13(19)20)12(18)8-21-11-6-5-9(15)7-10(11)16/h5-7H,4,8H2,1-3H3,(H,19,20). The van der Waals surface area contributed by atoms with Crippen LogP contribution in [0.5, 0.6) is 5.75 Å². The van der Waals surface area contributed by atoms with Crippen LogP contribution in [0.3, 0.4) is 0 Å². The number of carboxylic acid groups (broad SMARTS) is 1. The van der Waals surface area contributed by atoms with Gasteiger partial charge in [-0.2, -0.15) is 0 Å².